The molecule has 2 aliphatic carbocycles. The third kappa shape index (κ3) is 16.6. The third-order valence-electron chi connectivity index (χ3n) is 8.93. The Labute approximate surface area is 204 Å². The monoisotopic (exact) mass is 446 g/mol. The van der Waals surface area contributed by atoms with E-state index in [1.54, 1.807) is 38.5 Å². The minimum absolute atomic E-state index is 1.05. The lowest BCUT2D eigenvalue weighted by atomic mass is 9.84. The molecule has 0 aliphatic heterocycles. The Kier molecular flexibility index (Phi) is 19.0. The highest BCUT2D eigenvalue weighted by Crippen LogP contribution is 2.30. The molecule has 0 aromatic rings. The van der Waals surface area contributed by atoms with Gasteiger partial charge in [-0.1, -0.05) is 193 Å². The lowest BCUT2D eigenvalue weighted by Gasteiger charge is -2.22. The fourth-order valence-electron chi connectivity index (χ4n) is 6.61. The van der Waals surface area contributed by atoms with Crippen molar-refractivity contribution < 1.29 is 0 Å². The van der Waals surface area contributed by atoms with E-state index in [0.717, 1.165) is 11.8 Å². The molecule has 0 aromatic carbocycles. The van der Waals surface area contributed by atoms with Crippen LogP contribution in [0.4, 0.5) is 0 Å². The molecule has 0 atom stereocenters. The Balaban J connectivity index is 1.73. The van der Waals surface area contributed by atoms with Gasteiger partial charge < -0.3 is 0 Å². The van der Waals surface area contributed by atoms with Crippen LogP contribution >= 0.6 is 0 Å². The van der Waals surface area contributed by atoms with Crippen molar-refractivity contribution in [2.45, 2.75) is 193 Å². The van der Waals surface area contributed by atoms with Gasteiger partial charge in [-0.05, 0) is 11.8 Å². The van der Waals surface area contributed by atoms with Crippen LogP contribution in [0.15, 0.2) is 0 Å². The van der Waals surface area contributed by atoms with Crippen LogP contribution < -0.4 is 0 Å². The molecule has 0 unspecified atom stereocenters. The van der Waals surface area contributed by atoms with E-state index < -0.39 is 0 Å². The van der Waals surface area contributed by atoms with Gasteiger partial charge in [-0.3, -0.25) is 0 Å². The highest BCUT2D eigenvalue weighted by molar-refractivity contribution is 4.68. The standard InChI is InChI=1S/C32H62/c1-2-6-10-14-18-22-26-31(25-21-17-13-9-5-1)29-30-32-27-23-19-15-11-7-3-4-8-12-16-20-24-28-32/h31-32H,1-30H2. The van der Waals surface area contributed by atoms with Gasteiger partial charge in [-0.25, -0.2) is 0 Å². The first-order valence-corrected chi connectivity index (χ1v) is 15.9. The Morgan fingerprint density at radius 2 is 0.375 bits per heavy atom. The highest BCUT2D eigenvalue weighted by atomic mass is 14.2. The topological polar surface area (TPSA) is 0 Å². The maximum Gasteiger partial charge on any atom is -0.0414 e. The Hall–Kier alpha value is 0. The summed E-state index contributed by atoms with van der Waals surface area (Å²) in [6, 6.07) is 0. The molecule has 0 saturated heterocycles. The second kappa shape index (κ2) is 21.5. The molecular weight excluding hydrogens is 384 g/mol. The van der Waals surface area contributed by atoms with Gasteiger partial charge in [-0.2, -0.15) is 0 Å². The summed E-state index contributed by atoms with van der Waals surface area (Å²) in [4.78, 5) is 0. The zero-order valence-electron chi connectivity index (χ0n) is 22.4. The van der Waals surface area contributed by atoms with E-state index in [1.807, 2.05) is 0 Å². The molecule has 2 fully saturated rings. The van der Waals surface area contributed by atoms with Crippen molar-refractivity contribution in [3.05, 3.63) is 0 Å². The lowest BCUT2D eigenvalue weighted by molar-refractivity contribution is 0.309. The summed E-state index contributed by atoms with van der Waals surface area (Å²) in [5.41, 5.74) is 0. The number of hydrogen-bond acceptors (Lipinski definition) is 0. The van der Waals surface area contributed by atoms with Gasteiger partial charge >= 0.3 is 0 Å². The van der Waals surface area contributed by atoms with Crippen LogP contribution in [0.5, 0.6) is 0 Å². The Morgan fingerprint density at radius 1 is 0.219 bits per heavy atom. The van der Waals surface area contributed by atoms with Crippen LogP contribution in [0.1, 0.15) is 193 Å². The predicted molar refractivity (Wildman–Crippen MR) is 145 cm³/mol. The molecule has 0 nitrogen and oxygen atoms in total. The van der Waals surface area contributed by atoms with Crippen molar-refractivity contribution in [1.29, 1.82) is 0 Å². The average Bonchev–Trinajstić information content (AvgIpc) is 2.82. The quantitative estimate of drug-likeness (QED) is 0.404. The van der Waals surface area contributed by atoms with E-state index in [0.29, 0.717) is 0 Å². The smallest absolute Gasteiger partial charge is 0.0414 e. The van der Waals surface area contributed by atoms with Crippen molar-refractivity contribution in [3.63, 3.8) is 0 Å². The molecule has 0 N–H and O–H groups in total. The fourth-order valence-corrected chi connectivity index (χ4v) is 6.61. The zero-order valence-corrected chi connectivity index (χ0v) is 22.4. The fraction of sp³-hybridized carbons (Fsp3) is 1.00. The minimum atomic E-state index is 1.05. The van der Waals surface area contributed by atoms with E-state index in [4.69, 9.17) is 0 Å². The van der Waals surface area contributed by atoms with Crippen molar-refractivity contribution >= 4 is 0 Å². The van der Waals surface area contributed by atoms with Crippen LogP contribution in [0.25, 0.3) is 0 Å². The SMILES string of the molecule is C1CCCCCCCC(CCC2CCCCCCCCCCCCCC2)CCCCCC1. The summed E-state index contributed by atoms with van der Waals surface area (Å²) in [6.07, 6.45) is 45.6. The molecule has 0 bridgehead atoms. The molecule has 190 valence electrons. The highest BCUT2D eigenvalue weighted by Gasteiger charge is 2.14. The largest absolute Gasteiger partial charge is 0.0533 e. The van der Waals surface area contributed by atoms with Gasteiger partial charge in [0, 0.05) is 0 Å². The maximum atomic E-state index is 1.56. The van der Waals surface area contributed by atoms with Crippen molar-refractivity contribution in [1.82, 2.24) is 0 Å². The molecule has 2 rings (SSSR count). The van der Waals surface area contributed by atoms with E-state index >= 15 is 0 Å². The van der Waals surface area contributed by atoms with Gasteiger partial charge in [0.05, 0.1) is 0 Å². The van der Waals surface area contributed by atoms with Crippen LogP contribution in [0.2, 0.25) is 0 Å². The van der Waals surface area contributed by atoms with Gasteiger partial charge in [0.1, 0.15) is 0 Å². The van der Waals surface area contributed by atoms with E-state index in [1.165, 1.54) is 154 Å². The summed E-state index contributed by atoms with van der Waals surface area (Å²) in [5.74, 6) is 2.11. The summed E-state index contributed by atoms with van der Waals surface area (Å²) in [6.45, 7) is 0. The summed E-state index contributed by atoms with van der Waals surface area (Å²) < 4.78 is 0. The minimum Gasteiger partial charge on any atom is -0.0533 e. The number of hydrogen-bond donors (Lipinski definition) is 0. The first-order chi connectivity index (χ1) is 15.9. The van der Waals surface area contributed by atoms with Crippen LogP contribution in [-0.4, -0.2) is 0 Å². The molecule has 0 heterocycles. The van der Waals surface area contributed by atoms with Crippen LogP contribution in [0, 0.1) is 11.8 Å². The first kappa shape index (κ1) is 28.2. The van der Waals surface area contributed by atoms with Crippen LogP contribution in [-0.2, 0) is 0 Å². The van der Waals surface area contributed by atoms with E-state index in [-0.39, 0.29) is 0 Å². The Bertz CT molecular complexity index is 304. The van der Waals surface area contributed by atoms with Crippen molar-refractivity contribution in [2.75, 3.05) is 0 Å². The number of rotatable bonds is 3. The molecular formula is C32H62. The van der Waals surface area contributed by atoms with Gasteiger partial charge in [0.2, 0.25) is 0 Å². The van der Waals surface area contributed by atoms with Crippen molar-refractivity contribution in [2.24, 2.45) is 11.8 Å². The van der Waals surface area contributed by atoms with Crippen LogP contribution in [0.3, 0.4) is 0 Å². The molecule has 0 radical (unpaired) electrons. The zero-order chi connectivity index (χ0) is 22.4. The molecule has 2 aliphatic rings. The van der Waals surface area contributed by atoms with Gasteiger partial charge in [0.15, 0.2) is 0 Å². The van der Waals surface area contributed by atoms with E-state index in [9.17, 15) is 0 Å². The normalized spacial score (nSPS) is 25.1. The predicted octanol–water partition coefficient (Wildman–Crippen LogP) is 11.9. The third-order valence-corrected chi connectivity index (χ3v) is 8.93. The van der Waals surface area contributed by atoms with E-state index in [2.05, 4.69) is 0 Å². The molecule has 2 saturated carbocycles. The second-order valence-electron chi connectivity index (χ2n) is 11.9. The van der Waals surface area contributed by atoms with Gasteiger partial charge in [-0.15, -0.1) is 0 Å². The molecule has 0 amide bonds. The second-order valence-corrected chi connectivity index (χ2v) is 11.9. The summed E-state index contributed by atoms with van der Waals surface area (Å²) in [7, 11) is 0. The molecule has 0 spiro atoms. The molecule has 32 heavy (non-hydrogen) atoms. The summed E-state index contributed by atoms with van der Waals surface area (Å²) in [5, 5.41) is 0. The van der Waals surface area contributed by atoms with Gasteiger partial charge in [0.25, 0.3) is 0 Å². The lowest BCUT2D eigenvalue weighted by Crippen LogP contribution is -2.07. The molecule has 0 heteroatoms. The summed E-state index contributed by atoms with van der Waals surface area (Å²) >= 11 is 0. The first-order valence-electron chi connectivity index (χ1n) is 15.9. The van der Waals surface area contributed by atoms with Crippen molar-refractivity contribution in [3.8, 4) is 0 Å². The average molecular weight is 447 g/mol. The molecule has 0 aromatic heterocycles. The Morgan fingerprint density at radius 3 is 0.562 bits per heavy atom. The maximum absolute atomic E-state index is 1.56.